The Morgan fingerprint density at radius 1 is 0.759 bits per heavy atom. The normalized spacial score (nSPS) is 18.4. The van der Waals surface area contributed by atoms with Gasteiger partial charge in [-0.2, -0.15) is 0 Å². The van der Waals surface area contributed by atoms with Gasteiger partial charge in [0.15, 0.2) is 0 Å². The Labute approximate surface area is 183 Å². The SMILES string of the molecule is CN1CC(c2c[se]c3cc(F)ccc23)C1.CN1CC(c2c[se]c3ccccc23)C1. The van der Waals surface area contributed by atoms with Gasteiger partial charge < -0.3 is 0 Å². The molecule has 0 saturated carbocycles. The van der Waals surface area contributed by atoms with Crippen molar-refractivity contribution in [3.05, 3.63) is 69.3 Å². The van der Waals surface area contributed by atoms with Crippen LogP contribution < -0.4 is 0 Å². The van der Waals surface area contributed by atoms with Gasteiger partial charge in [-0.15, -0.1) is 0 Å². The third-order valence-corrected chi connectivity index (χ3v) is 10.2. The molecule has 29 heavy (non-hydrogen) atoms. The number of rotatable bonds is 2. The van der Waals surface area contributed by atoms with Crippen molar-refractivity contribution >= 4 is 48.3 Å². The second kappa shape index (κ2) is 8.15. The summed E-state index contributed by atoms with van der Waals surface area (Å²) in [6.07, 6.45) is 0. The topological polar surface area (TPSA) is 6.48 Å². The maximum absolute atomic E-state index is 13.0. The fourth-order valence-electron chi connectivity index (χ4n) is 4.44. The Morgan fingerprint density at radius 2 is 1.31 bits per heavy atom. The van der Waals surface area contributed by atoms with Crippen molar-refractivity contribution in [2.75, 3.05) is 40.3 Å². The number of benzene rings is 2. The van der Waals surface area contributed by atoms with E-state index in [4.69, 9.17) is 0 Å². The van der Waals surface area contributed by atoms with Crippen LogP contribution in [-0.2, 0) is 0 Å². The van der Waals surface area contributed by atoms with E-state index in [0.29, 0.717) is 34.9 Å². The van der Waals surface area contributed by atoms with Gasteiger partial charge in [-0.25, -0.2) is 0 Å². The summed E-state index contributed by atoms with van der Waals surface area (Å²) in [6.45, 7) is 4.80. The van der Waals surface area contributed by atoms with Crippen molar-refractivity contribution in [2.45, 2.75) is 11.8 Å². The Kier molecular flexibility index (Phi) is 5.55. The molecule has 0 bridgehead atoms. The van der Waals surface area contributed by atoms with Gasteiger partial charge >= 0.3 is 184 Å². The Morgan fingerprint density at radius 3 is 1.93 bits per heavy atom. The molecule has 0 aliphatic carbocycles. The minimum atomic E-state index is -0.101. The number of nitrogens with zero attached hydrogens (tertiary/aromatic N) is 2. The standard InChI is InChI=1S/C12H12FNSe.C12H13NSe/c1-14-5-8(6-14)11-7-15-12-4-9(13)2-3-10(11)12;1-13-6-9(7-13)11-8-14-12-5-3-2-4-10(11)12/h2-4,7-8H,5-6H2,1H3;2-5,8-9H,6-7H2,1H3. The molecule has 5 heteroatoms. The molecule has 4 aromatic rings. The van der Waals surface area contributed by atoms with Gasteiger partial charge in [-0.05, 0) is 0 Å². The molecule has 2 saturated heterocycles. The van der Waals surface area contributed by atoms with Crippen LogP contribution in [0, 0.1) is 5.82 Å². The number of likely N-dealkylation sites (N-methyl/N-ethyl adjacent to an activating group) is 2. The Bertz CT molecular complexity index is 1140. The summed E-state index contributed by atoms with van der Waals surface area (Å²) in [7, 11) is 4.34. The fraction of sp³-hybridized carbons (Fsp3) is 0.333. The van der Waals surface area contributed by atoms with Gasteiger partial charge in [-0.3, -0.25) is 0 Å². The molecular weight excluding hydrogens is 493 g/mol. The first-order valence-electron chi connectivity index (χ1n) is 10.1. The van der Waals surface area contributed by atoms with Crippen LogP contribution in [0.25, 0.3) is 19.3 Å². The monoisotopic (exact) mass is 520 g/mol. The van der Waals surface area contributed by atoms with Gasteiger partial charge in [0, 0.05) is 0 Å². The summed E-state index contributed by atoms with van der Waals surface area (Å²) < 4.78 is 15.8. The molecule has 2 fully saturated rings. The van der Waals surface area contributed by atoms with Gasteiger partial charge in [0.2, 0.25) is 0 Å². The predicted octanol–water partition coefficient (Wildman–Crippen LogP) is 3.99. The van der Waals surface area contributed by atoms with Gasteiger partial charge in [0.25, 0.3) is 0 Å². The van der Waals surface area contributed by atoms with Crippen LogP contribution in [-0.4, -0.2) is 79.1 Å². The van der Waals surface area contributed by atoms with Crippen molar-refractivity contribution in [1.29, 1.82) is 0 Å². The summed E-state index contributed by atoms with van der Waals surface area (Å²) in [6, 6.07) is 14.1. The number of halogens is 1. The van der Waals surface area contributed by atoms with Crippen LogP contribution in [0.1, 0.15) is 23.0 Å². The van der Waals surface area contributed by atoms with E-state index in [9.17, 15) is 4.39 Å². The molecule has 2 aliphatic rings. The van der Waals surface area contributed by atoms with Crippen molar-refractivity contribution < 1.29 is 4.39 Å². The minimum absolute atomic E-state index is 0.101. The molecule has 0 amide bonds. The van der Waals surface area contributed by atoms with Crippen molar-refractivity contribution in [2.24, 2.45) is 0 Å². The summed E-state index contributed by atoms with van der Waals surface area (Å²) in [5, 5.41) is 2.83. The molecular formula is C24H25FN2Se2. The average Bonchev–Trinajstić information content (AvgIpc) is 3.27. The Hall–Kier alpha value is -1.19. The molecule has 2 aromatic heterocycles. The fourth-order valence-corrected chi connectivity index (χ4v) is 8.87. The molecule has 2 aromatic carbocycles. The van der Waals surface area contributed by atoms with E-state index in [0.717, 1.165) is 19.0 Å². The molecule has 0 N–H and O–H groups in total. The summed E-state index contributed by atoms with van der Waals surface area (Å²) in [5.41, 5.74) is 3.08. The van der Waals surface area contributed by atoms with Crippen LogP contribution in [0.2, 0.25) is 0 Å². The van der Waals surface area contributed by atoms with Crippen molar-refractivity contribution in [1.82, 2.24) is 9.80 Å². The van der Waals surface area contributed by atoms with E-state index in [2.05, 4.69) is 58.0 Å². The van der Waals surface area contributed by atoms with Crippen LogP contribution in [0.3, 0.4) is 0 Å². The van der Waals surface area contributed by atoms with E-state index < -0.39 is 0 Å². The number of hydrogen-bond donors (Lipinski definition) is 0. The first kappa shape index (κ1) is 19.8. The zero-order chi connectivity index (χ0) is 20.0. The van der Waals surface area contributed by atoms with Gasteiger partial charge in [0.05, 0.1) is 0 Å². The molecule has 0 unspecified atom stereocenters. The van der Waals surface area contributed by atoms with Crippen LogP contribution in [0.15, 0.2) is 52.3 Å². The molecule has 2 aliphatic heterocycles. The molecule has 6 rings (SSSR count). The molecule has 2 nitrogen and oxygen atoms in total. The van der Waals surface area contributed by atoms with Crippen LogP contribution in [0.4, 0.5) is 4.39 Å². The summed E-state index contributed by atoms with van der Waals surface area (Å²) >= 11 is 0.945. The second-order valence-electron chi connectivity index (χ2n) is 8.35. The molecule has 150 valence electrons. The van der Waals surface area contributed by atoms with Crippen LogP contribution in [0.5, 0.6) is 0 Å². The zero-order valence-electron chi connectivity index (χ0n) is 16.8. The maximum atomic E-state index is 13.0. The van der Waals surface area contributed by atoms with Crippen molar-refractivity contribution in [3.63, 3.8) is 0 Å². The molecule has 0 spiro atoms. The first-order chi connectivity index (χ1) is 14.1. The second-order valence-corrected chi connectivity index (χ2v) is 12.2. The zero-order valence-corrected chi connectivity index (χ0v) is 20.2. The van der Waals surface area contributed by atoms with E-state index in [1.165, 1.54) is 33.7 Å². The Balaban J connectivity index is 0.000000125. The predicted molar refractivity (Wildman–Crippen MR) is 122 cm³/mol. The molecule has 0 radical (unpaired) electrons. The van der Waals surface area contributed by atoms with E-state index in [1.54, 1.807) is 22.0 Å². The van der Waals surface area contributed by atoms with Crippen molar-refractivity contribution in [3.8, 4) is 0 Å². The third-order valence-electron chi connectivity index (χ3n) is 6.09. The van der Waals surface area contributed by atoms with Gasteiger partial charge in [0.1, 0.15) is 0 Å². The summed E-state index contributed by atoms with van der Waals surface area (Å²) in [5.74, 6) is 1.39. The van der Waals surface area contributed by atoms with E-state index >= 15 is 0 Å². The summed E-state index contributed by atoms with van der Waals surface area (Å²) in [4.78, 5) is 9.52. The van der Waals surface area contributed by atoms with E-state index in [1.807, 2.05) is 6.07 Å². The first-order valence-corrected chi connectivity index (χ1v) is 13.8. The van der Waals surface area contributed by atoms with E-state index in [-0.39, 0.29) is 5.82 Å². The molecule has 4 heterocycles. The quantitative estimate of drug-likeness (QED) is 0.371. The molecule has 0 atom stereocenters. The average molecular weight is 518 g/mol. The van der Waals surface area contributed by atoms with Crippen LogP contribution >= 0.6 is 0 Å². The number of hydrogen-bond acceptors (Lipinski definition) is 2. The third kappa shape index (κ3) is 3.93. The number of fused-ring (bicyclic) bond motifs is 2. The van der Waals surface area contributed by atoms with Gasteiger partial charge in [-0.1, -0.05) is 0 Å². The number of likely N-dealkylation sites (tertiary alicyclic amines) is 2.